The highest BCUT2D eigenvalue weighted by atomic mass is 14.9. The fourth-order valence-corrected chi connectivity index (χ4v) is 2.69. The van der Waals surface area contributed by atoms with E-state index in [4.69, 9.17) is 0 Å². The molecular formula is C14H18N2. The summed E-state index contributed by atoms with van der Waals surface area (Å²) < 4.78 is 0. The van der Waals surface area contributed by atoms with E-state index in [1.807, 2.05) is 6.20 Å². The van der Waals surface area contributed by atoms with Crippen LogP contribution < -0.4 is 5.32 Å². The Morgan fingerprint density at radius 3 is 2.94 bits per heavy atom. The summed E-state index contributed by atoms with van der Waals surface area (Å²) in [6.07, 6.45) is 7.51. The zero-order valence-electron chi connectivity index (χ0n) is 9.50. The van der Waals surface area contributed by atoms with Crippen LogP contribution in [0.4, 0.5) is 0 Å². The highest BCUT2D eigenvalue weighted by Gasteiger charge is 2.14. The molecule has 2 N–H and O–H groups in total. The lowest BCUT2D eigenvalue weighted by atomic mass is 10.1. The first-order valence-electron chi connectivity index (χ1n) is 6.22. The Kier molecular flexibility index (Phi) is 2.66. The summed E-state index contributed by atoms with van der Waals surface area (Å²) in [5.41, 5.74) is 2.65. The minimum absolute atomic E-state index is 0.745. The molecule has 0 aliphatic heterocycles. The second kappa shape index (κ2) is 4.30. The molecule has 1 aliphatic carbocycles. The molecule has 16 heavy (non-hydrogen) atoms. The van der Waals surface area contributed by atoms with E-state index in [1.165, 1.54) is 42.1 Å². The Morgan fingerprint density at radius 1 is 1.19 bits per heavy atom. The molecule has 1 aromatic carbocycles. The molecule has 1 heterocycles. The van der Waals surface area contributed by atoms with Gasteiger partial charge in [-0.25, -0.2) is 0 Å². The zero-order chi connectivity index (χ0) is 10.8. The fraction of sp³-hybridized carbons (Fsp3) is 0.429. The molecule has 0 amide bonds. The molecule has 0 spiro atoms. The molecule has 2 aromatic rings. The minimum Gasteiger partial charge on any atom is -0.361 e. The molecule has 1 aromatic heterocycles. The molecule has 1 fully saturated rings. The van der Waals surface area contributed by atoms with Crippen LogP contribution in [0.25, 0.3) is 10.9 Å². The van der Waals surface area contributed by atoms with Gasteiger partial charge in [0.15, 0.2) is 0 Å². The van der Waals surface area contributed by atoms with Crippen molar-refractivity contribution in [2.75, 3.05) is 0 Å². The summed E-state index contributed by atoms with van der Waals surface area (Å²) in [6.45, 7) is 1.000. The van der Waals surface area contributed by atoms with E-state index in [0.29, 0.717) is 0 Å². The van der Waals surface area contributed by atoms with Crippen LogP contribution >= 0.6 is 0 Å². The van der Waals surface area contributed by atoms with Gasteiger partial charge in [-0.15, -0.1) is 0 Å². The number of H-pyrrole nitrogens is 1. The third-order valence-electron chi connectivity index (χ3n) is 3.62. The number of aromatic amines is 1. The zero-order valence-corrected chi connectivity index (χ0v) is 9.50. The maximum Gasteiger partial charge on any atom is 0.0457 e. The quantitative estimate of drug-likeness (QED) is 0.806. The second-order valence-electron chi connectivity index (χ2n) is 4.72. The van der Waals surface area contributed by atoms with Gasteiger partial charge < -0.3 is 10.3 Å². The van der Waals surface area contributed by atoms with Gasteiger partial charge in [0, 0.05) is 29.7 Å². The number of rotatable bonds is 3. The molecule has 1 aliphatic rings. The van der Waals surface area contributed by atoms with Crippen LogP contribution in [0.5, 0.6) is 0 Å². The van der Waals surface area contributed by atoms with Gasteiger partial charge in [-0.2, -0.15) is 0 Å². The van der Waals surface area contributed by atoms with E-state index in [-0.39, 0.29) is 0 Å². The Labute approximate surface area is 96.1 Å². The van der Waals surface area contributed by atoms with Crippen molar-refractivity contribution in [1.29, 1.82) is 0 Å². The van der Waals surface area contributed by atoms with Crippen molar-refractivity contribution in [2.24, 2.45) is 0 Å². The van der Waals surface area contributed by atoms with Crippen LogP contribution in [0.3, 0.4) is 0 Å². The maximum absolute atomic E-state index is 3.67. The predicted octanol–water partition coefficient (Wildman–Crippen LogP) is 3.20. The lowest BCUT2D eigenvalue weighted by Gasteiger charge is -2.12. The molecular weight excluding hydrogens is 196 g/mol. The van der Waals surface area contributed by atoms with E-state index < -0.39 is 0 Å². The van der Waals surface area contributed by atoms with Crippen molar-refractivity contribution in [3.8, 4) is 0 Å². The normalized spacial score (nSPS) is 17.2. The Balaban J connectivity index is 1.75. The van der Waals surface area contributed by atoms with Crippen LogP contribution in [0.15, 0.2) is 30.5 Å². The first-order valence-corrected chi connectivity index (χ1v) is 6.22. The lowest BCUT2D eigenvalue weighted by molar-refractivity contribution is 0.525. The number of hydrogen-bond donors (Lipinski definition) is 2. The SMILES string of the molecule is c1cc(CNC2CCCC2)c2cc[nH]c2c1. The Morgan fingerprint density at radius 2 is 2.06 bits per heavy atom. The third-order valence-corrected chi connectivity index (χ3v) is 3.62. The van der Waals surface area contributed by atoms with Crippen molar-refractivity contribution in [2.45, 2.75) is 38.3 Å². The average Bonchev–Trinajstić information content (AvgIpc) is 2.97. The van der Waals surface area contributed by atoms with Crippen molar-refractivity contribution in [1.82, 2.24) is 10.3 Å². The summed E-state index contributed by atoms with van der Waals surface area (Å²) in [5.74, 6) is 0. The smallest absolute Gasteiger partial charge is 0.0457 e. The van der Waals surface area contributed by atoms with Gasteiger partial charge in [-0.05, 0) is 30.5 Å². The van der Waals surface area contributed by atoms with Gasteiger partial charge >= 0.3 is 0 Å². The number of fused-ring (bicyclic) bond motifs is 1. The van der Waals surface area contributed by atoms with E-state index in [2.05, 4.69) is 34.6 Å². The molecule has 0 radical (unpaired) electrons. The van der Waals surface area contributed by atoms with Crippen molar-refractivity contribution < 1.29 is 0 Å². The first kappa shape index (κ1) is 9.91. The number of benzene rings is 1. The van der Waals surface area contributed by atoms with Gasteiger partial charge in [-0.1, -0.05) is 25.0 Å². The summed E-state index contributed by atoms with van der Waals surface area (Å²) in [6, 6.07) is 9.40. The maximum atomic E-state index is 3.67. The summed E-state index contributed by atoms with van der Waals surface area (Å²) in [4.78, 5) is 3.26. The lowest BCUT2D eigenvalue weighted by Crippen LogP contribution is -2.25. The van der Waals surface area contributed by atoms with Crippen LogP contribution in [-0.2, 0) is 6.54 Å². The standard InChI is InChI=1S/C14H18N2/c1-2-6-12(5-1)16-10-11-4-3-7-14-13(11)8-9-15-14/h3-4,7-9,12,15-16H,1-2,5-6,10H2. The van der Waals surface area contributed by atoms with E-state index >= 15 is 0 Å². The Hall–Kier alpha value is -1.28. The van der Waals surface area contributed by atoms with E-state index in [9.17, 15) is 0 Å². The van der Waals surface area contributed by atoms with Crippen LogP contribution in [0.1, 0.15) is 31.2 Å². The van der Waals surface area contributed by atoms with Crippen LogP contribution in [0.2, 0.25) is 0 Å². The monoisotopic (exact) mass is 214 g/mol. The topological polar surface area (TPSA) is 27.8 Å². The Bertz CT molecular complexity index is 466. The van der Waals surface area contributed by atoms with Crippen molar-refractivity contribution >= 4 is 10.9 Å². The van der Waals surface area contributed by atoms with Gasteiger partial charge in [0.2, 0.25) is 0 Å². The molecule has 84 valence electrons. The molecule has 1 saturated carbocycles. The first-order chi connectivity index (χ1) is 7.93. The summed E-state index contributed by atoms with van der Waals surface area (Å²) >= 11 is 0. The van der Waals surface area contributed by atoms with Crippen molar-refractivity contribution in [3.05, 3.63) is 36.0 Å². The fourth-order valence-electron chi connectivity index (χ4n) is 2.69. The van der Waals surface area contributed by atoms with E-state index in [1.54, 1.807) is 0 Å². The summed E-state index contributed by atoms with van der Waals surface area (Å²) in [7, 11) is 0. The molecule has 0 saturated heterocycles. The minimum atomic E-state index is 0.745. The van der Waals surface area contributed by atoms with E-state index in [0.717, 1.165) is 12.6 Å². The van der Waals surface area contributed by atoms with Crippen LogP contribution in [0, 0.1) is 0 Å². The molecule has 2 heteroatoms. The molecule has 3 rings (SSSR count). The third kappa shape index (κ3) is 1.85. The van der Waals surface area contributed by atoms with Crippen LogP contribution in [-0.4, -0.2) is 11.0 Å². The van der Waals surface area contributed by atoms with Gasteiger partial charge in [0.25, 0.3) is 0 Å². The van der Waals surface area contributed by atoms with Crippen molar-refractivity contribution in [3.63, 3.8) is 0 Å². The highest BCUT2D eigenvalue weighted by molar-refractivity contribution is 5.82. The second-order valence-corrected chi connectivity index (χ2v) is 4.72. The molecule has 0 atom stereocenters. The number of nitrogens with one attached hydrogen (secondary N) is 2. The highest BCUT2D eigenvalue weighted by Crippen LogP contribution is 2.20. The average molecular weight is 214 g/mol. The van der Waals surface area contributed by atoms with Gasteiger partial charge in [0.05, 0.1) is 0 Å². The molecule has 0 bridgehead atoms. The van der Waals surface area contributed by atoms with Gasteiger partial charge in [-0.3, -0.25) is 0 Å². The number of aromatic nitrogens is 1. The largest absolute Gasteiger partial charge is 0.361 e. The van der Waals surface area contributed by atoms with Gasteiger partial charge in [0.1, 0.15) is 0 Å². The predicted molar refractivity (Wildman–Crippen MR) is 67.4 cm³/mol. The molecule has 2 nitrogen and oxygen atoms in total. The molecule has 0 unspecified atom stereocenters. The summed E-state index contributed by atoms with van der Waals surface area (Å²) in [5, 5.41) is 5.02. The number of hydrogen-bond acceptors (Lipinski definition) is 1.